The predicted octanol–water partition coefficient (Wildman–Crippen LogP) is 3.15. The Hall–Kier alpha value is -1.88. The van der Waals surface area contributed by atoms with Gasteiger partial charge in [0.05, 0.1) is 12.1 Å². The molecule has 2 N–H and O–H groups in total. The highest BCUT2D eigenvalue weighted by Gasteiger charge is 2.05. The second-order valence-corrected chi connectivity index (χ2v) is 5.38. The van der Waals surface area contributed by atoms with Crippen molar-refractivity contribution in [2.45, 2.75) is 20.3 Å². The number of nitrogens with zero attached hydrogens (tertiary/aromatic N) is 2. The predicted molar refractivity (Wildman–Crippen MR) is 87.8 cm³/mol. The van der Waals surface area contributed by atoms with Crippen molar-refractivity contribution in [3.05, 3.63) is 24.3 Å². The van der Waals surface area contributed by atoms with Crippen LogP contribution in [-0.2, 0) is 4.74 Å². The Morgan fingerprint density at radius 2 is 1.95 bits per heavy atom. The van der Waals surface area contributed by atoms with Crippen LogP contribution in [0.15, 0.2) is 24.3 Å². The molecule has 0 saturated heterocycles. The molecule has 2 aromatic rings. The summed E-state index contributed by atoms with van der Waals surface area (Å²) in [7, 11) is 1.82. The fraction of sp³-hybridized carbons (Fsp3) is 0.500. The summed E-state index contributed by atoms with van der Waals surface area (Å²) >= 11 is 0. The highest BCUT2D eigenvalue weighted by atomic mass is 16.5. The normalized spacial score (nSPS) is 11.0. The molecule has 5 nitrogen and oxygen atoms in total. The molecule has 1 heterocycles. The van der Waals surface area contributed by atoms with Gasteiger partial charge in [0.1, 0.15) is 5.82 Å². The summed E-state index contributed by atoms with van der Waals surface area (Å²) in [6.45, 7) is 6.63. The van der Waals surface area contributed by atoms with E-state index in [9.17, 15) is 0 Å². The zero-order valence-corrected chi connectivity index (χ0v) is 13.0. The summed E-state index contributed by atoms with van der Waals surface area (Å²) in [5.41, 5.74) is 0.931. The average Bonchev–Trinajstić information content (AvgIpc) is 2.50. The van der Waals surface area contributed by atoms with E-state index in [0.717, 1.165) is 36.3 Å². The van der Waals surface area contributed by atoms with Gasteiger partial charge in [0.2, 0.25) is 5.95 Å². The largest absolute Gasteiger partial charge is 0.380 e. The molecule has 5 heteroatoms. The minimum atomic E-state index is 0.622. The molecule has 1 aromatic carbocycles. The second-order valence-electron chi connectivity index (χ2n) is 5.38. The zero-order valence-electron chi connectivity index (χ0n) is 13.0. The van der Waals surface area contributed by atoms with Gasteiger partial charge < -0.3 is 15.4 Å². The average molecular weight is 288 g/mol. The number of ether oxygens (including phenoxy) is 1. The Kier molecular flexibility index (Phi) is 5.75. The summed E-state index contributed by atoms with van der Waals surface area (Å²) in [6.07, 6.45) is 1.10. The SMILES string of the molecule is CNc1nc(NCCOCCC(C)C)c2ccccc2n1. The summed E-state index contributed by atoms with van der Waals surface area (Å²) in [5, 5.41) is 7.35. The van der Waals surface area contributed by atoms with Gasteiger partial charge in [0.15, 0.2) is 0 Å². The van der Waals surface area contributed by atoms with Crippen LogP contribution >= 0.6 is 0 Å². The fourth-order valence-electron chi connectivity index (χ4n) is 1.99. The monoisotopic (exact) mass is 288 g/mol. The molecule has 0 spiro atoms. The number of nitrogens with one attached hydrogen (secondary N) is 2. The van der Waals surface area contributed by atoms with Gasteiger partial charge in [0.25, 0.3) is 0 Å². The molecule has 2 rings (SSSR count). The van der Waals surface area contributed by atoms with E-state index in [1.807, 2.05) is 31.3 Å². The van der Waals surface area contributed by atoms with Crippen molar-refractivity contribution in [3.63, 3.8) is 0 Å². The Balaban J connectivity index is 1.94. The van der Waals surface area contributed by atoms with Crippen LogP contribution in [0.2, 0.25) is 0 Å². The molecular weight excluding hydrogens is 264 g/mol. The van der Waals surface area contributed by atoms with E-state index in [0.29, 0.717) is 18.5 Å². The van der Waals surface area contributed by atoms with E-state index in [1.165, 1.54) is 0 Å². The van der Waals surface area contributed by atoms with E-state index in [-0.39, 0.29) is 0 Å². The van der Waals surface area contributed by atoms with Gasteiger partial charge in [0, 0.05) is 25.6 Å². The molecule has 0 unspecified atom stereocenters. The van der Waals surface area contributed by atoms with E-state index >= 15 is 0 Å². The van der Waals surface area contributed by atoms with Crippen LogP contribution in [0, 0.1) is 5.92 Å². The van der Waals surface area contributed by atoms with Crippen LogP contribution in [0.1, 0.15) is 20.3 Å². The Bertz CT molecular complexity index is 571. The van der Waals surface area contributed by atoms with Gasteiger partial charge in [-0.15, -0.1) is 0 Å². The number of hydrogen-bond donors (Lipinski definition) is 2. The van der Waals surface area contributed by atoms with Crippen LogP contribution in [0.3, 0.4) is 0 Å². The van der Waals surface area contributed by atoms with Gasteiger partial charge in [-0.3, -0.25) is 0 Å². The quantitative estimate of drug-likeness (QED) is 0.731. The third-order valence-electron chi connectivity index (χ3n) is 3.21. The molecule has 114 valence electrons. The number of aromatic nitrogens is 2. The number of hydrogen-bond acceptors (Lipinski definition) is 5. The molecule has 0 bridgehead atoms. The maximum absolute atomic E-state index is 5.61. The van der Waals surface area contributed by atoms with Crippen LogP contribution < -0.4 is 10.6 Å². The van der Waals surface area contributed by atoms with Crippen molar-refractivity contribution in [2.24, 2.45) is 5.92 Å². The molecule has 1 aromatic heterocycles. The molecule has 0 aliphatic rings. The molecule has 0 aliphatic carbocycles. The molecule has 0 amide bonds. The summed E-state index contributed by atoms with van der Waals surface area (Å²) in [4.78, 5) is 8.91. The Morgan fingerprint density at radius 1 is 1.14 bits per heavy atom. The summed E-state index contributed by atoms with van der Waals surface area (Å²) in [6, 6.07) is 7.99. The van der Waals surface area contributed by atoms with Gasteiger partial charge in [-0.05, 0) is 24.5 Å². The van der Waals surface area contributed by atoms with Crippen molar-refractivity contribution in [3.8, 4) is 0 Å². The third kappa shape index (κ3) is 4.56. The molecular formula is C16H24N4O. The lowest BCUT2D eigenvalue weighted by atomic mass is 10.1. The highest BCUT2D eigenvalue weighted by molar-refractivity contribution is 5.89. The van der Waals surface area contributed by atoms with E-state index in [1.54, 1.807) is 0 Å². The minimum Gasteiger partial charge on any atom is -0.380 e. The molecule has 0 aliphatic heterocycles. The maximum Gasteiger partial charge on any atom is 0.224 e. The molecule has 0 saturated carbocycles. The molecule has 0 fully saturated rings. The zero-order chi connectivity index (χ0) is 15.1. The molecule has 21 heavy (non-hydrogen) atoms. The lowest BCUT2D eigenvalue weighted by molar-refractivity contribution is 0.132. The Morgan fingerprint density at radius 3 is 2.71 bits per heavy atom. The number of para-hydroxylation sites is 1. The number of anilines is 2. The topological polar surface area (TPSA) is 59.1 Å². The fourth-order valence-corrected chi connectivity index (χ4v) is 1.99. The van der Waals surface area contributed by atoms with Crippen LogP contribution in [0.5, 0.6) is 0 Å². The number of rotatable bonds is 8. The van der Waals surface area contributed by atoms with Crippen molar-refractivity contribution in [1.29, 1.82) is 0 Å². The lowest BCUT2D eigenvalue weighted by Crippen LogP contribution is -2.13. The first-order chi connectivity index (χ1) is 10.2. The van der Waals surface area contributed by atoms with Crippen LogP contribution in [-0.4, -0.2) is 36.8 Å². The number of fused-ring (bicyclic) bond motifs is 1. The highest BCUT2D eigenvalue weighted by Crippen LogP contribution is 2.21. The van der Waals surface area contributed by atoms with Crippen LogP contribution in [0.4, 0.5) is 11.8 Å². The van der Waals surface area contributed by atoms with E-state index in [2.05, 4.69) is 34.4 Å². The Labute approximate surface area is 126 Å². The smallest absolute Gasteiger partial charge is 0.224 e. The first kappa shape index (κ1) is 15.5. The number of benzene rings is 1. The minimum absolute atomic E-state index is 0.622. The van der Waals surface area contributed by atoms with Crippen molar-refractivity contribution >= 4 is 22.7 Å². The maximum atomic E-state index is 5.61. The van der Waals surface area contributed by atoms with Crippen molar-refractivity contribution < 1.29 is 4.74 Å². The molecule has 0 radical (unpaired) electrons. The summed E-state index contributed by atoms with van der Waals surface area (Å²) < 4.78 is 5.61. The van der Waals surface area contributed by atoms with Crippen molar-refractivity contribution in [2.75, 3.05) is 37.4 Å². The third-order valence-corrected chi connectivity index (χ3v) is 3.21. The summed E-state index contributed by atoms with van der Waals surface area (Å²) in [5.74, 6) is 2.15. The van der Waals surface area contributed by atoms with Gasteiger partial charge in [-0.1, -0.05) is 26.0 Å². The lowest BCUT2D eigenvalue weighted by Gasteiger charge is -2.11. The van der Waals surface area contributed by atoms with Gasteiger partial charge in [-0.25, -0.2) is 4.98 Å². The first-order valence-electron chi connectivity index (χ1n) is 7.47. The van der Waals surface area contributed by atoms with E-state index < -0.39 is 0 Å². The van der Waals surface area contributed by atoms with Crippen LogP contribution in [0.25, 0.3) is 10.9 Å². The van der Waals surface area contributed by atoms with E-state index in [4.69, 9.17) is 4.74 Å². The van der Waals surface area contributed by atoms with Gasteiger partial charge >= 0.3 is 0 Å². The first-order valence-corrected chi connectivity index (χ1v) is 7.47. The van der Waals surface area contributed by atoms with Gasteiger partial charge in [-0.2, -0.15) is 4.98 Å². The van der Waals surface area contributed by atoms with Crippen molar-refractivity contribution in [1.82, 2.24) is 9.97 Å². The second kappa shape index (κ2) is 7.78. The molecule has 0 atom stereocenters. The standard InChI is InChI=1S/C16H24N4O/c1-12(2)8-10-21-11-9-18-15-13-6-4-5-7-14(13)19-16(17-3)20-15/h4-7,12H,8-11H2,1-3H3,(H2,17,18,19,20).